The fourth-order valence-electron chi connectivity index (χ4n) is 1.72. The van der Waals surface area contributed by atoms with Crippen LogP contribution in [0.4, 0.5) is 0 Å². The lowest BCUT2D eigenvalue weighted by molar-refractivity contribution is 0.0771. The van der Waals surface area contributed by atoms with Gasteiger partial charge < -0.3 is 10.0 Å². The van der Waals surface area contributed by atoms with E-state index in [2.05, 4.69) is 24.1 Å². The lowest BCUT2D eigenvalue weighted by Crippen LogP contribution is -2.35. The molecule has 1 unspecified atom stereocenters. The number of rotatable bonds is 6. The molecule has 0 aromatic heterocycles. The van der Waals surface area contributed by atoms with E-state index in [1.807, 2.05) is 4.90 Å². The summed E-state index contributed by atoms with van der Waals surface area (Å²) in [6.45, 7) is 5.67. The Hall–Kier alpha value is -0.830. The summed E-state index contributed by atoms with van der Waals surface area (Å²) in [5.74, 6) is 1.03. The zero-order valence-electron chi connectivity index (χ0n) is 9.82. The molecule has 1 aliphatic heterocycles. The molecule has 1 atom stereocenters. The molecule has 0 aliphatic carbocycles. The summed E-state index contributed by atoms with van der Waals surface area (Å²) in [6.07, 6.45) is 8.47. The molecule has 0 fully saturated rings. The zero-order chi connectivity index (χ0) is 11.1. The van der Waals surface area contributed by atoms with E-state index in [1.165, 1.54) is 12.8 Å². The summed E-state index contributed by atoms with van der Waals surface area (Å²) in [5.41, 5.74) is 0. The van der Waals surface area contributed by atoms with Gasteiger partial charge in [-0.15, -0.1) is 0 Å². The second kappa shape index (κ2) is 6.62. The van der Waals surface area contributed by atoms with Crippen LogP contribution in [0.15, 0.2) is 17.1 Å². The van der Waals surface area contributed by atoms with Gasteiger partial charge in [0.2, 0.25) is 0 Å². The molecule has 0 bridgehead atoms. The van der Waals surface area contributed by atoms with Gasteiger partial charge in [0, 0.05) is 13.0 Å². The standard InChI is InChI=1S/C12H22N2O/c1-3-4-5-6-7-8-12-13-9-10-14(12)11(2)15/h6-7,11,15H,3-5,8-10H2,1-2H3/b7-6+. The third-order valence-corrected chi connectivity index (χ3v) is 2.61. The average molecular weight is 210 g/mol. The number of aliphatic imine (C=N–C) groups is 1. The minimum atomic E-state index is -0.407. The molecule has 86 valence electrons. The Kier molecular flexibility index (Phi) is 5.40. The number of hydrogen-bond donors (Lipinski definition) is 1. The van der Waals surface area contributed by atoms with E-state index in [1.54, 1.807) is 6.92 Å². The summed E-state index contributed by atoms with van der Waals surface area (Å²) < 4.78 is 0. The van der Waals surface area contributed by atoms with Crippen LogP contribution in [0.5, 0.6) is 0 Å². The first kappa shape index (κ1) is 12.2. The lowest BCUT2D eigenvalue weighted by Gasteiger charge is -2.22. The number of unbranched alkanes of at least 4 members (excludes halogenated alkanes) is 2. The monoisotopic (exact) mass is 210 g/mol. The van der Waals surface area contributed by atoms with Crippen molar-refractivity contribution in [2.75, 3.05) is 13.1 Å². The van der Waals surface area contributed by atoms with Crippen LogP contribution in [-0.4, -0.2) is 35.2 Å². The molecular weight excluding hydrogens is 188 g/mol. The summed E-state index contributed by atoms with van der Waals surface area (Å²) >= 11 is 0. The van der Waals surface area contributed by atoms with Gasteiger partial charge in [-0.25, -0.2) is 0 Å². The highest BCUT2D eigenvalue weighted by atomic mass is 16.3. The van der Waals surface area contributed by atoms with Gasteiger partial charge in [0.15, 0.2) is 0 Å². The Balaban J connectivity index is 2.28. The van der Waals surface area contributed by atoms with Crippen molar-refractivity contribution >= 4 is 5.84 Å². The van der Waals surface area contributed by atoms with Crippen LogP contribution in [0.2, 0.25) is 0 Å². The maximum atomic E-state index is 9.48. The molecule has 3 nitrogen and oxygen atoms in total. The fraction of sp³-hybridized carbons (Fsp3) is 0.750. The molecule has 0 saturated heterocycles. The minimum absolute atomic E-state index is 0.407. The first-order chi connectivity index (χ1) is 7.25. The quantitative estimate of drug-likeness (QED) is 0.539. The lowest BCUT2D eigenvalue weighted by atomic mass is 10.2. The number of aliphatic hydroxyl groups is 1. The smallest absolute Gasteiger partial charge is 0.125 e. The molecule has 1 heterocycles. The van der Waals surface area contributed by atoms with Gasteiger partial charge >= 0.3 is 0 Å². The van der Waals surface area contributed by atoms with E-state index >= 15 is 0 Å². The van der Waals surface area contributed by atoms with E-state index in [9.17, 15) is 5.11 Å². The third kappa shape index (κ3) is 4.04. The second-order valence-electron chi connectivity index (χ2n) is 3.94. The van der Waals surface area contributed by atoms with E-state index in [4.69, 9.17) is 0 Å². The molecule has 1 aliphatic rings. The molecule has 0 radical (unpaired) electrons. The van der Waals surface area contributed by atoms with Crippen molar-refractivity contribution < 1.29 is 5.11 Å². The molecular formula is C12H22N2O. The SMILES string of the molecule is CCCC/C=C/CC1=NCCN1C(C)O. The van der Waals surface area contributed by atoms with E-state index in [-0.39, 0.29) is 0 Å². The highest BCUT2D eigenvalue weighted by molar-refractivity contribution is 5.85. The van der Waals surface area contributed by atoms with Gasteiger partial charge in [-0.1, -0.05) is 31.9 Å². The van der Waals surface area contributed by atoms with Crippen LogP contribution in [0, 0.1) is 0 Å². The van der Waals surface area contributed by atoms with Gasteiger partial charge in [0.05, 0.1) is 6.54 Å². The normalized spacial score (nSPS) is 18.6. The van der Waals surface area contributed by atoms with Crippen molar-refractivity contribution in [3.05, 3.63) is 12.2 Å². The summed E-state index contributed by atoms with van der Waals surface area (Å²) in [4.78, 5) is 6.35. The van der Waals surface area contributed by atoms with Crippen LogP contribution in [-0.2, 0) is 0 Å². The van der Waals surface area contributed by atoms with Crippen molar-refractivity contribution in [2.45, 2.75) is 45.8 Å². The summed E-state index contributed by atoms with van der Waals surface area (Å²) in [6, 6.07) is 0. The molecule has 1 N–H and O–H groups in total. The van der Waals surface area contributed by atoms with E-state index < -0.39 is 6.23 Å². The van der Waals surface area contributed by atoms with Gasteiger partial charge in [-0.2, -0.15) is 0 Å². The van der Waals surface area contributed by atoms with E-state index in [0.29, 0.717) is 0 Å². The Bertz CT molecular complexity index is 234. The Labute approximate surface area is 92.5 Å². The number of hydrogen-bond acceptors (Lipinski definition) is 3. The van der Waals surface area contributed by atoms with Crippen molar-refractivity contribution in [3.63, 3.8) is 0 Å². The topological polar surface area (TPSA) is 35.8 Å². The Morgan fingerprint density at radius 3 is 3.00 bits per heavy atom. The number of allylic oxidation sites excluding steroid dienone is 1. The van der Waals surface area contributed by atoms with Crippen molar-refractivity contribution in [1.29, 1.82) is 0 Å². The first-order valence-corrected chi connectivity index (χ1v) is 5.88. The fourth-order valence-corrected chi connectivity index (χ4v) is 1.72. The Morgan fingerprint density at radius 2 is 2.33 bits per heavy atom. The third-order valence-electron chi connectivity index (χ3n) is 2.61. The van der Waals surface area contributed by atoms with Crippen LogP contribution in [0.3, 0.4) is 0 Å². The molecule has 0 spiro atoms. The van der Waals surface area contributed by atoms with Crippen molar-refractivity contribution in [1.82, 2.24) is 4.90 Å². The number of amidine groups is 1. The maximum absolute atomic E-state index is 9.48. The molecule has 0 aromatic rings. The first-order valence-electron chi connectivity index (χ1n) is 5.88. The van der Waals surface area contributed by atoms with Gasteiger partial charge in [-0.05, 0) is 13.3 Å². The van der Waals surface area contributed by atoms with Gasteiger partial charge in [0.1, 0.15) is 12.1 Å². The summed E-state index contributed by atoms with van der Waals surface area (Å²) in [7, 11) is 0. The van der Waals surface area contributed by atoms with Gasteiger partial charge in [-0.3, -0.25) is 4.99 Å². The van der Waals surface area contributed by atoms with Crippen molar-refractivity contribution in [3.8, 4) is 0 Å². The van der Waals surface area contributed by atoms with E-state index in [0.717, 1.165) is 31.8 Å². The molecule has 0 saturated carbocycles. The van der Waals surface area contributed by atoms with Crippen LogP contribution < -0.4 is 0 Å². The largest absolute Gasteiger partial charge is 0.374 e. The van der Waals surface area contributed by atoms with Gasteiger partial charge in [0.25, 0.3) is 0 Å². The molecule has 0 amide bonds. The van der Waals surface area contributed by atoms with Crippen LogP contribution in [0.1, 0.15) is 39.5 Å². The molecule has 15 heavy (non-hydrogen) atoms. The van der Waals surface area contributed by atoms with Crippen LogP contribution >= 0.6 is 0 Å². The maximum Gasteiger partial charge on any atom is 0.125 e. The second-order valence-corrected chi connectivity index (χ2v) is 3.94. The molecule has 0 aromatic carbocycles. The average Bonchev–Trinajstić information content (AvgIpc) is 2.66. The summed E-state index contributed by atoms with van der Waals surface area (Å²) in [5, 5.41) is 9.48. The highest BCUT2D eigenvalue weighted by Crippen LogP contribution is 2.09. The minimum Gasteiger partial charge on any atom is -0.374 e. The molecule has 1 rings (SSSR count). The number of aliphatic hydroxyl groups excluding tert-OH is 1. The highest BCUT2D eigenvalue weighted by Gasteiger charge is 2.18. The molecule has 3 heteroatoms. The Morgan fingerprint density at radius 1 is 1.53 bits per heavy atom. The predicted molar refractivity (Wildman–Crippen MR) is 64.0 cm³/mol. The van der Waals surface area contributed by atoms with Crippen LogP contribution in [0.25, 0.3) is 0 Å². The number of nitrogens with zero attached hydrogens (tertiary/aromatic N) is 2. The zero-order valence-corrected chi connectivity index (χ0v) is 9.82. The predicted octanol–water partition coefficient (Wildman–Crippen LogP) is 2.18. The van der Waals surface area contributed by atoms with Crippen molar-refractivity contribution in [2.24, 2.45) is 4.99 Å².